The molecule has 36 heavy (non-hydrogen) atoms. The van der Waals surface area contributed by atoms with Gasteiger partial charge in [-0.2, -0.15) is 31.4 Å². The van der Waals surface area contributed by atoms with Crippen molar-refractivity contribution in [3.05, 3.63) is 87.5 Å². The van der Waals surface area contributed by atoms with Crippen molar-refractivity contribution < 1.29 is 36.2 Å². The SMILES string of the molecule is Oc1c(-c2cc(C(F)(F)F)[nH]n2)ccc(OCc2ccc(Cl)cc2)c1-c1ccc(Cl)c(C(F)(F)F)c1. The highest BCUT2D eigenvalue weighted by atomic mass is 35.5. The van der Waals surface area contributed by atoms with Crippen molar-refractivity contribution in [2.75, 3.05) is 0 Å². The first-order chi connectivity index (χ1) is 16.8. The Bertz CT molecular complexity index is 1400. The van der Waals surface area contributed by atoms with Gasteiger partial charge in [-0.25, -0.2) is 0 Å². The molecule has 0 saturated carbocycles. The quantitative estimate of drug-likeness (QED) is 0.247. The molecule has 188 valence electrons. The zero-order valence-electron chi connectivity index (χ0n) is 17.8. The van der Waals surface area contributed by atoms with Crippen LogP contribution in [0.1, 0.15) is 16.8 Å². The maximum Gasteiger partial charge on any atom is 0.432 e. The van der Waals surface area contributed by atoms with Gasteiger partial charge in [0.05, 0.1) is 21.8 Å². The second kappa shape index (κ2) is 9.59. The Hall–Kier alpha value is -3.37. The number of ether oxygens (including phenoxy) is 1. The van der Waals surface area contributed by atoms with Crippen molar-refractivity contribution in [3.63, 3.8) is 0 Å². The van der Waals surface area contributed by atoms with Gasteiger partial charge in [-0.05, 0) is 53.6 Å². The molecular formula is C24H14Cl2F6N2O2. The van der Waals surface area contributed by atoms with E-state index >= 15 is 0 Å². The topological polar surface area (TPSA) is 58.1 Å². The number of aromatic amines is 1. The minimum Gasteiger partial charge on any atom is -0.506 e. The van der Waals surface area contributed by atoms with E-state index in [4.69, 9.17) is 27.9 Å². The van der Waals surface area contributed by atoms with Crippen LogP contribution in [0.5, 0.6) is 11.5 Å². The number of phenolic OH excluding ortho intramolecular Hbond substituents is 1. The number of nitrogens with one attached hydrogen (secondary N) is 1. The largest absolute Gasteiger partial charge is 0.506 e. The van der Waals surface area contributed by atoms with Gasteiger partial charge in [-0.3, -0.25) is 5.10 Å². The average molecular weight is 547 g/mol. The molecule has 0 spiro atoms. The van der Waals surface area contributed by atoms with Crippen LogP contribution < -0.4 is 4.74 Å². The first-order valence-corrected chi connectivity index (χ1v) is 10.8. The fourth-order valence-electron chi connectivity index (χ4n) is 3.42. The van der Waals surface area contributed by atoms with Gasteiger partial charge < -0.3 is 9.84 Å². The van der Waals surface area contributed by atoms with Crippen molar-refractivity contribution >= 4 is 23.2 Å². The maximum absolute atomic E-state index is 13.5. The number of aromatic nitrogens is 2. The summed E-state index contributed by atoms with van der Waals surface area (Å²) in [6.45, 7) is -0.0384. The molecule has 0 unspecified atom stereocenters. The molecule has 0 saturated heterocycles. The molecule has 1 heterocycles. The van der Waals surface area contributed by atoms with Crippen molar-refractivity contribution in [1.29, 1.82) is 0 Å². The van der Waals surface area contributed by atoms with E-state index in [0.29, 0.717) is 16.7 Å². The first-order valence-electron chi connectivity index (χ1n) is 10.1. The van der Waals surface area contributed by atoms with Gasteiger partial charge in [-0.1, -0.05) is 41.4 Å². The molecule has 0 aliphatic carbocycles. The van der Waals surface area contributed by atoms with Gasteiger partial charge in [-0.15, -0.1) is 0 Å². The van der Waals surface area contributed by atoms with E-state index < -0.39 is 34.4 Å². The van der Waals surface area contributed by atoms with E-state index in [9.17, 15) is 31.4 Å². The van der Waals surface area contributed by atoms with Gasteiger partial charge in [0.2, 0.25) is 0 Å². The molecule has 0 fully saturated rings. The lowest BCUT2D eigenvalue weighted by Crippen LogP contribution is -2.06. The van der Waals surface area contributed by atoms with Crippen LogP contribution in [0.25, 0.3) is 22.4 Å². The molecule has 12 heteroatoms. The number of H-pyrrole nitrogens is 1. The highest BCUT2D eigenvalue weighted by Gasteiger charge is 2.35. The molecule has 3 aromatic carbocycles. The normalized spacial score (nSPS) is 12.1. The summed E-state index contributed by atoms with van der Waals surface area (Å²) in [5.41, 5.74) is -2.37. The minimum atomic E-state index is -4.80. The number of hydrogen-bond acceptors (Lipinski definition) is 3. The molecule has 2 N–H and O–H groups in total. The number of alkyl halides is 6. The molecule has 0 aliphatic rings. The first kappa shape index (κ1) is 25.7. The van der Waals surface area contributed by atoms with E-state index in [0.717, 1.165) is 12.1 Å². The van der Waals surface area contributed by atoms with Crippen LogP contribution in [0.4, 0.5) is 26.3 Å². The molecular weight excluding hydrogens is 533 g/mol. The summed E-state index contributed by atoms with van der Waals surface area (Å²) in [6, 6.07) is 12.8. The zero-order valence-corrected chi connectivity index (χ0v) is 19.3. The second-order valence-corrected chi connectivity index (χ2v) is 8.45. The Labute approximate surface area is 210 Å². The second-order valence-electron chi connectivity index (χ2n) is 7.61. The van der Waals surface area contributed by atoms with Crippen molar-refractivity contribution in [1.82, 2.24) is 10.2 Å². The van der Waals surface area contributed by atoms with E-state index in [2.05, 4.69) is 5.10 Å². The Morgan fingerprint density at radius 2 is 1.56 bits per heavy atom. The Morgan fingerprint density at radius 3 is 2.17 bits per heavy atom. The summed E-state index contributed by atoms with van der Waals surface area (Å²) in [5, 5.41) is 16.4. The third-order valence-electron chi connectivity index (χ3n) is 5.17. The molecule has 0 amide bonds. The van der Waals surface area contributed by atoms with Crippen LogP contribution in [-0.4, -0.2) is 15.3 Å². The minimum absolute atomic E-state index is 0.0202. The fourth-order valence-corrected chi connectivity index (χ4v) is 3.77. The molecule has 1 aromatic heterocycles. The van der Waals surface area contributed by atoms with Crippen LogP contribution >= 0.6 is 23.2 Å². The molecule has 0 aliphatic heterocycles. The molecule has 4 rings (SSSR count). The maximum atomic E-state index is 13.5. The predicted molar refractivity (Wildman–Crippen MR) is 122 cm³/mol. The summed E-state index contributed by atoms with van der Waals surface area (Å²) < 4.78 is 85.3. The number of benzene rings is 3. The van der Waals surface area contributed by atoms with Gasteiger partial charge in [0.25, 0.3) is 0 Å². The third-order valence-corrected chi connectivity index (χ3v) is 5.75. The van der Waals surface area contributed by atoms with Crippen LogP contribution in [0.2, 0.25) is 10.0 Å². The molecule has 0 bridgehead atoms. The fraction of sp³-hybridized carbons (Fsp3) is 0.125. The standard InChI is InChI=1S/C24H14Cl2F6N2O2/c25-14-4-1-12(2-5-14)11-36-19-8-6-15(18-10-20(34-33-18)24(30,31)32)22(35)21(19)13-3-7-17(26)16(9-13)23(27,28)29/h1-10,35H,11H2,(H,33,34). The molecule has 4 aromatic rings. The van der Waals surface area contributed by atoms with E-state index in [1.807, 2.05) is 5.10 Å². The van der Waals surface area contributed by atoms with Crippen molar-refractivity contribution in [3.8, 4) is 33.9 Å². The lowest BCUT2D eigenvalue weighted by molar-refractivity contribution is -0.141. The lowest BCUT2D eigenvalue weighted by atomic mass is 9.97. The highest BCUT2D eigenvalue weighted by molar-refractivity contribution is 6.31. The third kappa shape index (κ3) is 5.39. The van der Waals surface area contributed by atoms with Crippen molar-refractivity contribution in [2.45, 2.75) is 19.0 Å². The summed E-state index contributed by atoms with van der Waals surface area (Å²) >= 11 is 11.6. The van der Waals surface area contributed by atoms with Gasteiger partial charge >= 0.3 is 12.4 Å². The number of rotatable bonds is 5. The Morgan fingerprint density at radius 1 is 0.861 bits per heavy atom. The number of aromatic hydroxyl groups is 1. The summed E-state index contributed by atoms with van der Waals surface area (Å²) in [6.07, 6.45) is -9.52. The number of phenols is 1. The van der Waals surface area contributed by atoms with E-state index in [-0.39, 0.29) is 34.7 Å². The summed E-state index contributed by atoms with van der Waals surface area (Å²) in [7, 11) is 0. The van der Waals surface area contributed by atoms with Gasteiger partial charge in [0.15, 0.2) is 0 Å². The molecule has 0 atom stereocenters. The van der Waals surface area contributed by atoms with E-state index in [1.165, 1.54) is 18.2 Å². The smallest absolute Gasteiger partial charge is 0.432 e. The highest BCUT2D eigenvalue weighted by Crippen LogP contribution is 2.46. The van der Waals surface area contributed by atoms with Gasteiger partial charge in [0.1, 0.15) is 23.8 Å². The van der Waals surface area contributed by atoms with Crippen LogP contribution in [-0.2, 0) is 19.0 Å². The number of halogens is 8. The average Bonchev–Trinajstić information content (AvgIpc) is 3.29. The molecule has 0 radical (unpaired) electrons. The number of hydrogen-bond donors (Lipinski definition) is 2. The summed E-state index contributed by atoms with van der Waals surface area (Å²) in [4.78, 5) is 0. The Balaban J connectivity index is 1.84. The van der Waals surface area contributed by atoms with Gasteiger partial charge in [0, 0.05) is 10.6 Å². The molecule has 4 nitrogen and oxygen atoms in total. The number of nitrogens with zero attached hydrogens (tertiary/aromatic N) is 1. The summed E-state index contributed by atoms with van der Waals surface area (Å²) in [5.74, 6) is -0.646. The van der Waals surface area contributed by atoms with Crippen molar-refractivity contribution in [2.24, 2.45) is 0 Å². The van der Waals surface area contributed by atoms with E-state index in [1.54, 1.807) is 24.3 Å². The van der Waals surface area contributed by atoms with Crippen LogP contribution in [0.15, 0.2) is 60.7 Å². The Kier molecular flexibility index (Phi) is 6.85. The zero-order chi connectivity index (χ0) is 26.3. The predicted octanol–water partition coefficient (Wildman–Crippen LogP) is 8.37. The monoisotopic (exact) mass is 546 g/mol. The van der Waals surface area contributed by atoms with Crippen LogP contribution in [0.3, 0.4) is 0 Å². The lowest BCUT2D eigenvalue weighted by Gasteiger charge is -2.17. The van der Waals surface area contributed by atoms with Crippen LogP contribution in [0, 0.1) is 0 Å².